The molecular weight excluding hydrogens is 302 g/mol. The van der Waals surface area contributed by atoms with Crippen molar-refractivity contribution < 1.29 is 9.32 Å². The number of nitrogens with zero attached hydrogens (tertiary/aromatic N) is 4. The van der Waals surface area contributed by atoms with Gasteiger partial charge in [-0.25, -0.2) is 15.0 Å². The molecule has 6 nitrogen and oxygen atoms in total. The van der Waals surface area contributed by atoms with Gasteiger partial charge >= 0.3 is 0 Å². The summed E-state index contributed by atoms with van der Waals surface area (Å²) < 4.78 is 5.91. The van der Waals surface area contributed by atoms with Crippen molar-refractivity contribution in [3.05, 3.63) is 60.9 Å². The van der Waals surface area contributed by atoms with Gasteiger partial charge in [0.2, 0.25) is 5.95 Å². The first kappa shape index (κ1) is 14.8. The lowest BCUT2D eigenvalue weighted by atomic mass is 10.2. The highest BCUT2D eigenvalue weighted by molar-refractivity contribution is 5.55. The molecule has 0 amide bonds. The molecule has 0 aliphatic carbocycles. The second-order valence-electron chi connectivity index (χ2n) is 5.95. The fourth-order valence-electron chi connectivity index (χ4n) is 3.00. The largest absolute Gasteiger partial charge is 0.435 e. The van der Waals surface area contributed by atoms with Crippen LogP contribution in [0, 0.1) is 0 Å². The maximum atomic E-state index is 5.91. The Balaban J connectivity index is 1.35. The molecule has 2 aromatic heterocycles. The number of piperazine rings is 1. The summed E-state index contributed by atoms with van der Waals surface area (Å²) in [6.45, 7) is 4.77. The van der Waals surface area contributed by atoms with E-state index >= 15 is 0 Å². The van der Waals surface area contributed by atoms with Gasteiger partial charge in [0.1, 0.15) is 0 Å². The SMILES string of the molecule is c1ccc(-c2cnc(C[NH+]3CCN(c4ncccn4)CC3)o2)cc1. The summed E-state index contributed by atoms with van der Waals surface area (Å²) in [5, 5.41) is 0. The number of hydrogen-bond donors (Lipinski definition) is 1. The zero-order chi connectivity index (χ0) is 16.2. The van der Waals surface area contributed by atoms with Crippen molar-refractivity contribution in [1.29, 1.82) is 0 Å². The van der Waals surface area contributed by atoms with Gasteiger partial charge in [0, 0.05) is 18.0 Å². The fourth-order valence-corrected chi connectivity index (χ4v) is 3.00. The van der Waals surface area contributed by atoms with Crippen LogP contribution in [0.2, 0.25) is 0 Å². The highest BCUT2D eigenvalue weighted by atomic mass is 16.4. The molecule has 0 bridgehead atoms. The Morgan fingerprint density at radius 1 is 0.958 bits per heavy atom. The van der Waals surface area contributed by atoms with Crippen molar-refractivity contribution in [3.8, 4) is 11.3 Å². The molecule has 3 aromatic rings. The van der Waals surface area contributed by atoms with E-state index in [1.165, 1.54) is 4.90 Å². The molecule has 1 N–H and O–H groups in total. The minimum absolute atomic E-state index is 0.799. The molecule has 1 aliphatic heterocycles. The number of anilines is 1. The van der Waals surface area contributed by atoms with Crippen LogP contribution in [0.1, 0.15) is 5.89 Å². The van der Waals surface area contributed by atoms with E-state index < -0.39 is 0 Å². The predicted octanol–water partition coefficient (Wildman–Crippen LogP) is 1.04. The van der Waals surface area contributed by atoms with Gasteiger partial charge in [0.05, 0.1) is 32.4 Å². The Hall–Kier alpha value is -2.73. The molecule has 0 radical (unpaired) electrons. The summed E-state index contributed by atoms with van der Waals surface area (Å²) in [6, 6.07) is 11.9. The minimum atomic E-state index is 0.799. The van der Waals surface area contributed by atoms with E-state index in [0.717, 1.165) is 55.9 Å². The van der Waals surface area contributed by atoms with Crippen LogP contribution < -0.4 is 9.80 Å². The van der Waals surface area contributed by atoms with Crippen molar-refractivity contribution in [3.63, 3.8) is 0 Å². The summed E-state index contributed by atoms with van der Waals surface area (Å²) in [4.78, 5) is 16.8. The summed E-state index contributed by atoms with van der Waals surface area (Å²) in [6.07, 6.45) is 5.40. The smallest absolute Gasteiger partial charge is 0.250 e. The number of quaternary nitrogens is 1. The standard InChI is InChI=1S/C18H19N5O/c1-2-5-15(6-3-1)16-13-21-17(24-16)14-22-9-11-23(12-10-22)18-19-7-4-8-20-18/h1-8,13H,9-12,14H2/p+1. The van der Waals surface area contributed by atoms with Crippen LogP contribution in [0.15, 0.2) is 59.4 Å². The first-order valence-electron chi connectivity index (χ1n) is 8.24. The molecule has 3 heterocycles. The van der Waals surface area contributed by atoms with E-state index in [9.17, 15) is 0 Å². The number of hydrogen-bond acceptors (Lipinski definition) is 5. The normalized spacial score (nSPS) is 15.6. The van der Waals surface area contributed by atoms with Crippen molar-refractivity contribution in [1.82, 2.24) is 15.0 Å². The van der Waals surface area contributed by atoms with Gasteiger partial charge in [-0.15, -0.1) is 0 Å². The third-order valence-electron chi connectivity index (χ3n) is 4.32. The quantitative estimate of drug-likeness (QED) is 0.778. The lowest BCUT2D eigenvalue weighted by Crippen LogP contribution is -3.13. The Labute approximate surface area is 140 Å². The van der Waals surface area contributed by atoms with Crippen LogP contribution in [0.4, 0.5) is 5.95 Å². The van der Waals surface area contributed by atoms with Crippen molar-refractivity contribution in [2.24, 2.45) is 0 Å². The molecule has 0 unspecified atom stereocenters. The summed E-state index contributed by atoms with van der Waals surface area (Å²) >= 11 is 0. The number of rotatable bonds is 4. The van der Waals surface area contributed by atoms with E-state index in [-0.39, 0.29) is 0 Å². The van der Waals surface area contributed by atoms with Crippen LogP contribution >= 0.6 is 0 Å². The average Bonchev–Trinajstić information content (AvgIpc) is 3.12. The third-order valence-corrected chi connectivity index (χ3v) is 4.32. The van der Waals surface area contributed by atoms with Crippen LogP contribution in [-0.4, -0.2) is 41.1 Å². The molecule has 1 aromatic carbocycles. The van der Waals surface area contributed by atoms with Crippen LogP contribution in [0.3, 0.4) is 0 Å². The minimum Gasteiger partial charge on any atom is -0.435 e. The van der Waals surface area contributed by atoms with Crippen molar-refractivity contribution in [2.45, 2.75) is 6.54 Å². The van der Waals surface area contributed by atoms with Gasteiger partial charge in [-0.3, -0.25) is 0 Å². The molecule has 122 valence electrons. The second-order valence-corrected chi connectivity index (χ2v) is 5.95. The first-order chi connectivity index (χ1) is 11.9. The van der Waals surface area contributed by atoms with E-state index in [1.807, 2.05) is 42.6 Å². The van der Waals surface area contributed by atoms with Gasteiger partial charge in [-0.2, -0.15) is 0 Å². The lowest BCUT2D eigenvalue weighted by Gasteiger charge is -2.31. The number of nitrogens with one attached hydrogen (secondary N) is 1. The molecule has 1 saturated heterocycles. The van der Waals surface area contributed by atoms with E-state index in [0.29, 0.717) is 0 Å². The van der Waals surface area contributed by atoms with Gasteiger partial charge in [0.15, 0.2) is 12.3 Å². The zero-order valence-corrected chi connectivity index (χ0v) is 13.4. The van der Waals surface area contributed by atoms with Gasteiger partial charge in [-0.05, 0) is 6.07 Å². The fraction of sp³-hybridized carbons (Fsp3) is 0.278. The number of oxazole rings is 1. The Bertz CT molecular complexity index is 766. The highest BCUT2D eigenvalue weighted by Crippen LogP contribution is 2.19. The number of aromatic nitrogens is 3. The second kappa shape index (κ2) is 6.80. The van der Waals surface area contributed by atoms with Gasteiger partial charge in [0.25, 0.3) is 5.89 Å². The monoisotopic (exact) mass is 322 g/mol. The Morgan fingerprint density at radius 2 is 1.71 bits per heavy atom. The van der Waals surface area contributed by atoms with Crippen LogP contribution in [-0.2, 0) is 6.54 Å². The van der Waals surface area contributed by atoms with Crippen LogP contribution in [0.5, 0.6) is 0 Å². The molecule has 1 aliphatic rings. The maximum absolute atomic E-state index is 5.91. The van der Waals surface area contributed by atoms with E-state index in [1.54, 1.807) is 12.4 Å². The summed E-state index contributed by atoms with van der Waals surface area (Å²) in [7, 11) is 0. The molecule has 6 heteroatoms. The molecule has 24 heavy (non-hydrogen) atoms. The maximum Gasteiger partial charge on any atom is 0.250 e. The van der Waals surface area contributed by atoms with Crippen molar-refractivity contribution >= 4 is 5.95 Å². The lowest BCUT2D eigenvalue weighted by molar-refractivity contribution is -0.915. The molecular formula is C18H20N5O+. The van der Waals surface area contributed by atoms with E-state index in [2.05, 4.69) is 19.9 Å². The van der Waals surface area contributed by atoms with E-state index in [4.69, 9.17) is 4.42 Å². The highest BCUT2D eigenvalue weighted by Gasteiger charge is 2.23. The van der Waals surface area contributed by atoms with Gasteiger partial charge < -0.3 is 14.2 Å². The molecule has 0 saturated carbocycles. The predicted molar refractivity (Wildman–Crippen MR) is 90.6 cm³/mol. The Kier molecular flexibility index (Phi) is 4.20. The third kappa shape index (κ3) is 3.28. The van der Waals surface area contributed by atoms with Gasteiger partial charge in [-0.1, -0.05) is 30.3 Å². The molecule has 4 rings (SSSR count). The zero-order valence-electron chi connectivity index (χ0n) is 13.4. The molecule has 0 spiro atoms. The summed E-state index contributed by atoms with van der Waals surface area (Å²) in [5.74, 6) is 2.45. The first-order valence-corrected chi connectivity index (χ1v) is 8.24. The summed E-state index contributed by atoms with van der Waals surface area (Å²) in [5.41, 5.74) is 1.07. The molecule has 0 atom stereocenters. The topological polar surface area (TPSA) is 59.5 Å². The van der Waals surface area contributed by atoms with Crippen molar-refractivity contribution in [2.75, 3.05) is 31.1 Å². The molecule has 1 fully saturated rings. The van der Waals surface area contributed by atoms with Crippen LogP contribution in [0.25, 0.3) is 11.3 Å². The number of benzene rings is 1. The Morgan fingerprint density at radius 3 is 2.46 bits per heavy atom. The average molecular weight is 322 g/mol.